The maximum absolute atomic E-state index is 5.05. The molecule has 5 heteroatoms. The largest absolute Gasteiger partial charge is 0.347 e. The number of anilines is 6. The molecule has 5 nitrogen and oxygen atoms in total. The van der Waals surface area contributed by atoms with E-state index in [1.807, 2.05) is 6.20 Å². The lowest BCUT2D eigenvalue weighted by Crippen LogP contribution is -2.28. The standard InChI is InChI=1S/C57H53N5/c1-56(2,3)43-30-31-58-55(35-43)62-51-29-26-42(41-20-12-8-13-21-41)32-50(51)49-28-27-46(37-54(49)62)61(45-22-14-9-15-23-45)48-34-44(57(4,5)6)33-47(36-48)60-39-59(38-40-18-10-7-11-19-40)52-24-16-17-25-53(52)60/h7-37H,38-39H2,1-6H3. The van der Waals surface area contributed by atoms with Crippen molar-refractivity contribution in [1.82, 2.24) is 9.55 Å². The van der Waals surface area contributed by atoms with E-state index in [9.17, 15) is 0 Å². The van der Waals surface area contributed by atoms with Gasteiger partial charge in [-0.05, 0) is 118 Å². The minimum Gasteiger partial charge on any atom is -0.347 e. The summed E-state index contributed by atoms with van der Waals surface area (Å²) in [4.78, 5) is 12.5. The van der Waals surface area contributed by atoms with Crippen LogP contribution in [-0.2, 0) is 17.4 Å². The third kappa shape index (κ3) is 7.28. The van der Waals surface area contributed by atoms with Gasteiger partial charge < -0.3 is 14.7 Å². The average Bonchev–Trinajstić information content (AvgIpc) is 3.82. The van der Waals surface area contributed by atoms with Gasteiger partial charge in [-0.25, -0.2) is 4.98 Å². The molecule has 7 aromatic carbocycles. The Morgan fingerprint density at radius 1 is 0.500 bits per heavy atom. The first-order chi connectivity index (χ1) is 30.0. The third-order valence-electron chi connectivity index (χ3n) is 12.4. The highest BCUT2D eigenvalue weighted by atomic mass is 15.4. The smallest absolute Gasteiger partial charge is 0.137 e. The van der Waals surface area contributed by atoms with Crippen LogP contribution in [0.15, 0.2) is 188 Å². The molecule has 0 spiro atoms. The van der Waals surface area contributed by atoms with E-state index in [1.54, 1.807) is 0 Å². The fraction of sp³-hybridized carbons (Fsp3) is 0.175. The first-order valence-electron chi connectivity index (χ1n) is 21.8. The molecule has 0 saturated heterocycles. The minimum absolute atomic E-state index is 0.0313. The molecule has 0 unspecified atom stereocenters. The van der Waals surface area contributed by atoms with Crippen LogP contribution in [0.2, 0.25) is 0 Å². The highest BCUT2D eigenvalue weighted by molar-refractivity contribution is 6.11. The molecule has 0 amide bonds. The Hall–Kier alpha value is -7.11. The molecule has 1 aliphatic heterocycles. The maximum atomic E-state index is 5.05. The molecule has 0 saturated carbocycles. The van der Waals surface area contributed by atoms with Gasteiger partial charge in [-0.15, -0.1) is 0 Å². The fourth-order valence-electron chi connectivity index (χ4n) is 8.99. The van der Waals surface area contributed by atoms with Gasteiger partial charge in [0.25, 0.3) is 0 Å². The van der Waals surface area contributed by atoms with Crippen molar-refractivity contribution in [2.45, 2.75) is 58.9 Å². The molecular formula is C57H53N5. The van der Waals surface area contributed by atoms with Crippen LogP contribution in [0.25, 0.3) is 38.8 Å². The average molecular weight is 808 g/mol. The van der Waals surface area contributed by atoms with Crippen LogP contribution in [-0.4, -0.2) is 16.2 Å². The molecule has 1 aliphatic rings. The summed E-state index contributed by atoms with van der Waals surface area (Å²) >= 11 is 0. The van der Waals surface area contributed by atoms with E-state index in [0.29, 0.717) is 0 Å². The van der Waals surface area contributed by atoms with Crippen LogP contribution >= 0.6 is 0 Å². The summed E-state index contributed by atoms with van der Waals surface area (Å²) in [5.41, 5.74) is 15.2. The lowest BCUT2D eigenvalue weighted by atomic mass is 9.86. The number of hydrogen-bond acceptors (Lipinski definition) is 4. The lowest BCUT2D eigenvalue weighted by molar-refractivity contribution is 0.588. The third-order valence-corrected chi connectivity index (χ3v) is 12.4. The highest BCUT2D eigenvalue weighted by Crippen LogP contribution is 2.46. The Labute approximate surface area is 366 Å². The van der Waals surface area contributed by atoms with Gasteiger partial charge in [0.1, 0.15) is 5.82 Å². The van der Waals surface area contributed by atoms with Crippen LogP contribution < -0.4 is 14.7 Å². The molecule has 9 aromatic rings. The van der Waals surface area contributed by atoms with Crippen molar-refractivity contribution in [2.75, 3.05) is 21.4 Å². The van der Waals surface area contributed by atoms with E-state index in [0.717, 1.165) is 47.1 Å². The number of hydrogen-bond donors (Lipinski definition) is 0. The Balaban J connectivity index is 1.17. The van der Waals surface area contributed by atoms with Crippen molar-refractivity contribution in [3.63, 3.8) is 0 Å². The van der Waals surface area contributed by atoms with Crippen molar-refractivity contribution in [1.29, 1.82) is 0 Å². The summed E-state index contributed by atoms with van der Waals surface area (Å²) in [6, 6.07) is 66.5. The van der Waals surface area contributed by atoms with Gasteiger partial charge in [0.2, 0.25) is 0 Å². The second kappa shape index (κ2) is 15.4. The predicted octanol–water partition coefficient (Wildman–Crippen LogP) is 15.0. The SMILES string of the molecule is CC(C)(C)c1cc(N2CN(Cc3ccccc3)c3ccccc32)cc(N(c2ccccc2)c2ccc3c4cc(-c5ccccc5)ccc4n(-c4cc(C(C)(C)C)ccn4)c3c2)c1. The zero-order chi connectivity index (χ0) is 42.6. The van der Waals surface area contributed by atoms with Crippen LogP contribution in [0.4, 0.5) is 34.1 Å². The molecule has 0 fully saturated rings. The number of fused-ring (bicyclic) bond motifs is 4. The van der Waals surface area contributed by atoms with E-state index in [1.165, 1.54) is 55.7 Å². The van der Waals surface area contributed by atoms with Gasteiger partial charge in [0.05, 0.1) is 29.1 Å². The molecule has 2 aromatic heterocycles. The molecule has 0 atom stereocenters. The molecular weight excluding hydrogens is 755 g/mol. The molecule has 10 rings (SSSR count). The summed E-state index contributed by atoms with van der Waals surface area (Å²) in [7, 11) is 0. The molecule has 0 N–H and O–H groups in total. The highest BCUT2D eigenvalue weighted by Gasteiger charge is 2.29. The quantitative estimate of drug-likeness (QED) is 0.153. The van der Waals surface area contributed by atoms with Crippen LogP contribution in [0.3, 0.4) is 0 Å². The van der Waals surface area contributed by atoms with Crippen molar-refractivity contribution >= 4 is 55.9 Å². The fourth-order valence-corrected chi connectivity index (χ4v) is 8.99. The van der Waals surface area contributed by atoms with Gasteiger partial charge in [-0.1, -0.05) is 145 Å². The molecule has 306 valence electrons. The zero-order valence-electron chi connectivity index (χ0n) is 36.5. The monoisotopic (exact) mass is 807 g/mol. The first-order valence-corrected chi connectivity index (χ1v) is 21.8. The minimum atomic E-state index is -0.104. The zero-order valence-corrected chi connectivity index (χ0v) is 36.5. The number of benzene rings is 7. The van der Waals surface area contributed by atoms with E-state index < -0.39 is 0 Å². The summed E-state index contributed by atoms with van der Waals surface area (Å²) < 4.78 is 2.36. The van der Waals surface area contributed by atoms with Crippen LogP contribution in [0, 0.1) is 0 Å². The van der Waals surface area contributed by atoms with E-state index >= 15 is 0 Å². The topological polar surface area (TPSA) is 27.5 Å². The number of aromatic nitrogens is 2. The second-order valence-electron chi connectivity index (χ2n) is 18.7. The van der Waals surface area contributed by atoms with Crippen molar-refractivity contribution < 1.29 is 0 Å². The van der Waals surface area contributed by atoms with E-state index in [-0.39, 0.29) is 10.8 Å². The summed E-state index contributed by atoms with van der Waals surface area (Å²) in [6.45, 7) is 15.3. The first kappa shape index (κ1) is 39.1. The molecule has 0 bridgehead atoms. The normalized spacial score (nSPS) is 12.9. The van der Waals surface area contributed by atoms with Gasteiger partial charge in [-0.2, -0.15) is 0 Å². The van der Waals surface area contributed by atoms with Gasteiger partial charge >= 0.3 is 0 Å². The Morgan fingerprint density at radius 2 is 1.18 bits per heavy atom. The Morgan fingerprint density at radius 3 is 1.90 bits per heavy atom. The van der Waals surface area contributed by atoms with Gasteiger partial charge in [0.15, 0.2) is 0 Å². The number of rotatable bonds is 8. The Kier molecular flexibility index (Phi) is 9.71. The van der Waals surface area contributed by atoms with E-state index in [4.69, 9.17) is 4.98 Å². The summed E-state index contributed by atoms with van der Waals surface area (Å²) in [5, 5.41) is 2.39. The van der Waals surface area contributed by atoms with Gasteiger partial charge in [0, 0.05) is 46.3 Å². The second-order valence-corrected chi connectivity index (χ2v) is 18.7. The molecule has 0 aliphatic carbocycles. The maximum Gasteiger partial charge on any atom is 0.137 e. The number of para-hydroxylation sites is 3. The van der Waals surface area contributed by atoms with Crippen molar-refractivity contribution in [3.8, 4) is 16.9 Å². The van der Waals surface area contributed by atoms with Crippen molar-refractivity contribution in [2.24, 2.45) is 0 Å². The number of pyridine rings is 1. The molecule has 3 heterocycles. The van der Waals surface area contributed by atoms with Gasteiger partial charge in [-0.3, -0.25) is 4.57 Å². The Bertz CT molecular complexity index is 3050. The van der Waals surface area contributed by atoms with Crippen LogP contribution in [0.1, 0.15) is 58.2 Å². The lowest BCUT2D eigenvalue weighted by Gasteiger charge is -2.31. The molecule has 0 radical (unpaired) electrons. The predicted molar refractivity (Wildman–Crippen MR) is 262 cm³/mol. The summed E-state index contributed by atoms with van der Waals surface area (Å²) in [5.74, 6) is 0.915. The summed E-state index contributed by atoms with van der Waals surface area (Å²) in [6.07, 6.45) is 1.96. The van der Waals surface area contributed by atoms with Crippen LogP contribution in [0.5, 0.6) is 0 Å². The van der Waals surface area contributed by atoms with Crippen molar-refractivity contribution in [3.05, 3.63) is 205 Å². The number of nitrogens with zero attached hydrogens (tertiary/aromatic N) is 5. The van der Waals surface area contributed by atoms with E-state index in [2.05, 4.69) is 243 Å². The molecule has 62 heavy (non-hydrogen) atoms.